The molecule has 0 aromatic heterocycles. The lowest BCUT2D eigenvalue weighted by Crippen LogP contribution is -2.20. The van der Waals surface area contributed by atoms with Gasteiger partial charge in [0.2, 0.25) is 0 Å². The second-order valence-corrected chi connectivity index (χ2v) is 11.4. The molecule has 0 saturated carbocycles. The molecule has 1 fully saturated rings. The summed E-state index contributed by atoms with van der Waals surface area (Å²) in [6.45, 7) is 0.389. The van der Waals surface area contributed by atoms with E-state index >= 15 is 0 Å². The van der Waals surface area contributed by atoms with E-state index in [2.05, 4.69) is 11.7 Å². The zero-order valence-electron chi connectivity index (χ0n) is 16.7. The lowest BCUT2D eigenvalue weighted by Gasteiger charge is -2.28. The third-order valence-corrected chi connectivity index (χ3v) is 9.39. The number of hydrogen-bond donors (Lipinski definition) is 0. The van der Waals surface area contributed by atoms with Crippen LogP contribution in [-0.2, 0) is 0 Å². The van der Waals surface area contributed by atoms with Gasteiger partial charge in [-0.15, -0.1) is 0 Å². The van der Waals surface area contributed by atoms with Crippen LogP contribution in [0.25, 0.3) is 11.1 Å². The largest absolute Gasteiger partial charge is 0.478 e. The van der Waals surface area contributed by atoms with Crippen molar-refractivity contribution in [2.75, 3.05) is 6.61 Å². The van der Waals surface area contributed by atoms with Gasteiger partial charge in [-0.25, -0.2) is 13.2 Å². The van der Waals surface area contributed by atoms with Gasteiger partial charge in [0, 0.05) is 14.4 Å². The normalized spacial score (nSPS) is 19.7. The molecule has 3 rings (SSSR count). The van der Waals surface area contributed by atoms with Crippen LogP contribution < -0.4 is 4.74 Å². The first kappa shape index (κ1) is 22.7. The lowest BCUT2D eigenvalue weighted by atomic mass is 9.91. The molecular formula is C22H24F6OSi. The van der Waals surface area contributed by atoms with Gasteiger partial charge in [0.25, 0.3) is 0 Å². The first-order valence-corrected chi connectivity index (χ1v) is 12.6. The molecule has 0 spiro atoms. The number of benzene rings is 2. The molecule has 2 aromatic rings. The van der Waals surface area contributed by atoms with E-state index in [4.69, 9.17) is 0 Å². The molecule has 30 heavy (non-hydrogen) atoms. The van der Waals surface area contributed by atoms with Gasteiger partial charge < -0.3 is 4.74 Å². The van der Waals surface area contributed by atoms with Crippen LogP contribution in [0.5, 0.6) is 5.75 Å². The number of rotatable bonds is 6. The molecule has 0 amide bonds. The Labute approximate surface area is 173 Å². The van der Waals surface area contributed by atoms with Crippen molar-refractivity contribution in [3.05, 3.63) is 53.3 Å². The highest BCUT2D eigenvalue weighted by molar-refractivity contribution is 6.59. The van der Waals surface area contributed by atoms with Crippen LogP contribution in [0.15, 0.2) is 30.3 Å². The van der Waals surface area contributed by atoms with Gasteiger partial charge in [-0.05, 0) is 48.1 Å². The Morgan fingerprint density at radius 3 is 2.13 bits per heavy atom. The van der Waals surface area contributed by atoms with Crippen LogP contribution in [0.2, 0.25) is 18.1 Å². The van der Waals surface area contributed by atoms with Gasteiger partial charge in [-0.3, -0.25) is 0 Å². The average molecular weight is 447 g/mol. The van der Waals surface area contributed by atoms with Crippen LogP contribution in [0.1, 0.15) is 37.7 Å². The number of halogens is 6. The smallest absolute Gasteiger partial charge is 0.422 e. The van der Waals surface area contributed by atoms with Crippen molar-refractivity contribution >= 4 is 8.80 Å². The van der Waals surface area contributed by atoms with Gasteiger partial charge in [0.1, 0.15) is 5.82 Å². The van der Waals surface area contributed by atoms with Crippen molar-refractivity contribution in [1.82, 2.24) is 0 Å². The predicted octanol–water partition coefficient (Wildman–Crippen LogP) is 7.23. The Hall–Kier alpha value is -1.96. The van der Waals surface area contributed by atoms with Crippen LogP contribution in [0.4, 0.5) is 26.3 Å². The second-order valence-electron chi connectivity index (χ2n) is 7.92. The van der Waals surface area contributed by atoms with E-state index in [1.165, 1.54) is 36.7 Å². The quantitative estimate of drug-likeness (QED) is 0.336. The minimum atomic E-state index is -4.72. The molecule has 0 N–H and O–H groups in total. The van der Waals surface area contributed by atoms with E-state index in [-0.39, 0.29) is 11.1 Å². The third kappa shape index (κ3) is 5.59. The van der Waals surface area contributed by atoms with Crippen LogP contribution in [-0.4, -0.2) is 21.6 Å². The maximum Gasteiger partial charge on any atom is 0.422 e. The fraction of sp³-hybridized carbons (Fsp3) is 0.455. The molecule has 0 atom stereocenters. The Morgan fingerprint density at radius 1 is 0.967 bits per heavy atom. The average Bonchev–Trinajstić information content (AvgIpc) is 2.67. The number of hydrogen-bond acceptors (Lipinski definition) is 1. The van der Waals surface area contributed by atoms with Crippen molar-refractivity contribution in [2.24, 2.45) is 0 Å². The molecule has 1 heterocycles. The van der Waals surface area contributed by atoms with Crippen LogP contribution in [0.3, 0.4) is 0 Å². The molecule has 0 bridgehead atoms. The highest BCUT2D eigenvalue weighted by atomic mass is 28.3. The fourth-order valence-electron chi connectivity index (χ4n) is 4.22. The molecule has 2 aromatic carbocycles. The predicted molar refractivity (Wildman–Crippen MR) is 107 cm³/mol. The number of alkyl halides is 3. The summed E-state index contributed by atoms with van der Waals surface area (Å²) in [6, 6.07) is 10.1. The molecule has 0 aliphatic carbocycles. The summed E-state index contributed by atoms with van der Waals surface area (Å²) >= 11 is 0. The number of ether oxygens (including phenoxy) is 1. The van der Waals surface area contributed by atoms with E-state index in [9.17, 15) is 26.3 Å². The van der Waals surface area contributed by atoms with Gasteiger partial charge in [0.05, 0.1) is 0 Å². The Balaban J connectivity index is 1.77. The van der Waals surface area contributed by atoms with E-state index < -0.39 is 44.8 Å². The standard InChI is InChI=1S/C22H24F6OSi/c1-2-7-30-8-5-14(6-9-30)15-3-4-17(18(23)10-15)16-11-19(24)21(20(25)12-16)29-13-22(26,27)28/h3-4,10-12,14,30H,2,5-9,13H2,1H3. The second kappa shape index (κ2) is 9.45. The molecule has 1 aliphatic rings. The summed E-state index contributed by atoms with van der Waals surface area (Å²) in [7, 11) is -0.652. The minimum absolute atomic E-state index is 0.00651. The SMILES string of the molecule is CCC[SiH]1CCC(c2ccc(-c3cc(F)c(OCC(F)(F)F)c(F)c3)c(F)c2)CC1. The first-order chi connectivity index (χ1) is 14.2. The first-order valence-electron chi connectivity index (χ1n) is 10.2. The third-order valence-electron chi connectivity index (χ3n) is 5.70. The van der Waals surface area contributed by atoms with E-state index in [0.717, 1.165) is 30.5 Å². The summed E-state index contributed by atoms with van der Waals surface area (Å²) in [6.07, 6.45) is -1.41. The molecule has 0 radical (unpaired) electrons. The van der Waals surface area contributed by atoms with Crippen molar-refractivity contribution in [1.29, 1.82) is 0 Å². The molecule has 164 valence electrons. The van der Waals surface area contributed by atoms with E-state index in [1.54, 1.807) is 6.07 Å². The topological polar surface area (TPSA) is 9.23 Å². The minimum Gasteiger partial charge on any atom is -0.478 e. The molecule has 8 heteroatoms. The highest BCUT2D eigenvalue weighted by Crippen LogP contribution is 2.37. The molecule has 0 unspecified atom stereocenters. The molecular weight excluding hydrogens is 422 g/mol. The molecule has 1 saturated heterocycles. The Bertz CT molecular complexity index is 851. The zero-order chi connectivity index (χ0) is 21.9. The zero-order valence-corrected chi connectivity index (χ0v) is 17.8. The van der Waals surface area contributed by atoms with Crippen molar-refractivity contribution in [3.8, 4) is 16.9 Å². The van der Waals surface area contributed by atoms with Crippen molar-refractivity contribution in [2.45, 2.75) is 56.4 Å². The van der Waals surface area contributed by atoms with Gasteiger partial charge in [0.15, 0.2) is 24.0 Å². The summed E-state index contributed by atoms with van der Waals surface area (Å²) in [5.74, 6) is -4.06. The maximum absolute atomic E-state index is 14.7. The Morgan fingerprint density at radius 2 is 1.60 bits per heavy atom. The van der Waals surface area contributed by atoms with Gasteiger partial charge >= 0.3 is 6.18 Å². The monoisotopic (exact) mass is 446 g/mol. The summed E-state index contributed by atoms with van der Waals surface area (Å²) in [5.41, 5.74) is 0.784. The molecule has 1 aliphatic heterocycles. The van der Waals surface area contributed by atoms with E-state index in [0.29, 0.717) is 5.92 Å². The summed E-state index contributed by atoms with van der Waals surface area (Å²) in [4.78, 5) is 0. The summed E-state index contributed by atoms with van der Waals surface area (Å²) < 4.78 is 83.9. The van der Waals surface area contributed by atoms with E-state index in [1.807, 2.05) is 0 Å². The van der Waals surface area contributed by atoms with Crippen molar-refractivity contribution in [3.63, 3.8) is 0 Å². The lowest BCUT2D eigenvalue weighted by molar-refractivity contribution is -0.154. The van der Waals surface area contributed by atoms with Crippen LogP contribution in [0, 0.1) is 17.5 Å². The maximum atomic E-state index is 14.7. The van der Waals surface area contributed by atoms with Crippen LogP contribution >= 0.6 is 0 Å². The fourth-order valence-corrected chi connectivity index (χ4v) is 7.65. The molecule has 1 nitrogen and oxygen atoms in total. The Kier molecular flexibility index (Phi) is 7.16. The van der Waals surface area contributed by atoms with Crippen molar-refractivity contribution < 1.29 is 31.1 Å². The van der Waals surface area contributed by atoms with Gasteiger partial charge in [-0.2, -0.15) is 13.2 Å². The van der Waals surface area contributed by atoms with Gasteiger partial charge in [-0.1, -0.05) is 43.6 Å². The highest BCUT2D eigenvalue weighted by Gasteiger charge is 2.30. The summed E-state index contributed by atoms with van der Waals surface area (Å²) in [5, 5.41) is 0.